The quantitative estimate of drug-likeness (QED) is 0.802. The van der Waals surface area contributed by atoms with Gasteiger partial charge in [0.2, 0.25) is 0 Å². The van der Waals surface area contributed by atoms with E-state index < -0.39 is 44.2 Å². The molecule has 22 heavy (non-hydrogen) atoms. The monoisotopic (exact) mass is 346 g/mol. The molecular weight excluding hydrogens is 332 g/mol. The van der Waals surface area contributed by atoms with Gasteiger partial charge < -0.3 is 10.2 Å². The molecule has 1 aromatic rings. The number of carboxylic acids is 2. The zero-order valence-electron chi connectivity index (χ0n) is 11.4. The molecule has 0 aliphatic heterocycles. The van der Waals surface area contributed by atoms with E-state index in [1.54, 1.807) is 18.2 Å². The fraction of sp³-hybridized carbons (Fsp3) is 0.429. The number of benzene rings is 1. The average Bonchev–Trinajstić information content (AvgIpc) is 2.47. The van der Waals surface area contributed by atoms with Crippen molar-refractivity contribution in [1.82, 2.24) is 0 Å². The van der Waals surface area contributed by atoms with E-state index in [1.165, 1.54) is 12.1 Å². The Morgan fingerprint density at radius 2 is 1.50 bits per heavy atom. The van der Waals surface area contributed by atoms with Crippen LogP contribution in [0, 0.1) is 11.8 Å². The molecule has 1 fully saturated rings. The molecule has 8 heteroatoms. The lowest BCUT2D eigenvalue weighted by Gasteiger charge is -2.34. The third kappa shape index (κ3) is 3.10. The van der Waals surface area contributed by atoms with Crippen LogP contribution in [-0.2, 0) is 19.4 Å². The van der Waals surface area contributed by atoms with Crippen LogP contribution < -0.4 is 0 Å². The third-order valence-corrected chi connectivity index (χ3v) is 6.84. The lowest BCUT2D eigenvalue weighted by atomic mass is 9.79. The molecule has 0 heterocycles. The third-order valence-electron chi connectivity index (χ3n) is 3.96. The van der Waals surface area contributed by atoms with Gasteiger partial charge in [-0.2, -0.15) is 0 Å². The van der Waals surface area contributed by atoms with Crippen molar-refractivity contribution >= 4 is 33.4 Å². The number of carbonyl (C=O) groups is 2. The Morgan fingerprint density at radius 1 is 1.00 bits per heavy atom. The summed E-state index contributed by atoms with van der Waals surface area (Å²) in [6.45, 7) is 0. The summed E-state index contributed by atoms with van der Waals surface area (Å²) < 4.78 is 25.2. The molecule has 1 aromatic carbocycles. The number of alkyl halides is 1. The van der Waals surface area contributed by atoms with Crippen molar-refractivity contribution in [2.45, 2.75) is 28.4 Å². The van der Waals surface area contributed by atoms with E-state index >= 15 is 0 Å². The first-order valence-electron chi connectivity index (χ1n) is 6.63. The Morgan fingerprint density at radius 3 is 2.00 bits per heavy atom. The minimum atomic E-state index is -3.81. The minimum Gasteiger partial charge on any atom is -0.481 e. The van der Waals surface area contributed by atoms with E-state index in [0.717, 1.165) is 0 Å². The van der Waals surface area contributed by atoms with Crippen LogP contribution in [0.5, 0.6) is 0 Å². The Balaban J connectivity index is 2.36. The highest BCUT2D eigenvalue weighted by atomic mass is 35.5. The number of halogens is 1. The van der Waals surface area contributed by atoms with Crippen molar-refractivity contribution in [1.29, 1.82) is 0 Å². The topological polar surface area (TPSA) is 109 Å². The standard InChI is InChI=1S/C14H15ClO6S/c15-11-6-9(13(16)17)10(14(18)19)7-12(11)22(20,21)8-4-2-1-3-5-8/h1-5,9-12H,6-7H2,(H,16,17)(H,18,19)/t9-,10+,11+,12+/m1/s1. The number of sulfone groups is 1. The summed E-state index contributed by atoms with van der Waals surface area (Å²) in [5.41, 5.74) is 0. The van der Waals surface area contributed by atoms with Crippen molar-refractivity contribution in [2.75, 3.05) is 0 Å². The summed E-state index contributed by atoms with van der Waals surface area (Å²) in [5.74, 6) is -5.03. The maximum atomic E-state index is 12.6. The van der Waals surface area contributed by atoms with Gasteiger partial charge >= 0.3 is 11.9 Å². The SMILES string of the molecule is O=C(O)[C@H]1C[C@H](S(=O)(=O)c2ccccc2)[C@@H](Cl)C[C@H]1C(=O)O. The van der Waals surface area contributed by atoms with Gasteiger partial charge in [-0.05, 0) is 25.0 Å². The smallest absolute Gasteiger partial charge is 0.307 e. The first kappa shape index (κ1) is 16.8. The second kappa shape index (κ2) is 6.26. The predicted octanol–water partition coefficient (Wildman–Crippen LogP) is 1.63. The van der Waals surface area contributed by atoms with Crippen LogP contribution in [0.1, 0.15) is 12.8 Å². The molecule has 0 saturated heterocycles. The minimum absolute atomic E-state index is 0.0589. The molecule has 2 N–H and O–H groups in total. The summed E-state index contributed by atoms with van der Waals surface area (Å²) in [7, 11) is -3.81. The number of hydrogen-bond acceptors (Lipinski definition) is 4. The van der Waals surface area contributed by atoms with Crippen molar-refractivity contribution in [3.05, 3.63) is 30.3 Å². The second-order valence-corrected chi connectivity index (χ2v) is 8.00. The van der Waals surface area contributed by atoms with Crippen LogP contribution in [0.4, 0.5) is 0 Å². The Labute approximate surface area is 132 Å². The number of carboxylic acid groups (broad SMARTS) is 2. The maximum absolute atomic E-state index is 12.6. The zero-order valence-corrected chi connectivity index (χ0v) is 13.0. The highest BCUT2D eigenvalue weighted by Gasteiger charge is 2.48. The number of hydrogen-bond donors (Lipinski definition) is 2. The van der Waals surface area contributed by atoms with Gasteiger partial charge in [-0.1, -0.05) is 18.2 Å². The highest BCUT2D eigenvalue weighted by Crippen LogP contribution is 2.39. The Hall–Kier alpha value is -1.60. The molecule has 1 aliphatic rings. The van der Waals surface area contributed by atoms with Crippen molar-refractivity contribution < 1.29 is 28.2 Å². The summed E-state index contributed by atoms with van der Waals surface area (Å²) in [5, 5.41) is 16.2. The van der Waals surface area contributed by atoms with Crippen molar-refractivity contribution in [3.8, 4) is 0 Å². The molecule has 0 unspecified atom stereocenters. The van der Waals surface area contributed by atoms with Crippen molar-refractivity contribution in [3.63, 3.8) is 0 Å². The molecule has 0 bridgehead atoms. The molecule has 4 atom stereocenters. The van der Waals surface area contributed by atoms with E-state index in [9.17, 15) is 23.1 Å². The van der Waals surface area contributed by atoms with Gasteiger partial charge in [-0.3, -0.25) is 9.59 Å². The summed E-state index contributed by atoms with van der Waals surface area (Å²) in [6, 6.07) is 7.62. The van der Waals surface area contributed by atoms with Gasteiger partial charge in [0, 0.05) is 0 Å². The van der Waals surface area contributed by atoms with E-state index in [4.69, 9.17) is 16.7 Å². The fourth-order valence-electron chi connectivity index (χ4n) is 2.77. The lowest BCUT2D eigenvalue weighted by Crippen LogP contribution is -2.46. The largest absolute Gasteiger partial charge is 0.481 e. The van der Waals surface area contributed by atoms with Gasteiger partial charge in [-0.25, -0.2) is 8.42 Å². The van der Waals surface area contributed by atoms with Crippen LogP contribution in [0.3, 0.4) is 0 Å². The van der Waals surface area contributed by atoms with E-state index in [1.807, 2.05) is 0 Å². The second-order valence-electron chi connectivity index (χ2n) is 5.27. The first-order chi connectivity index (χ1) is 10.2. The Kier molecular flexibility index (Phi) is 4.77. The van der Waals surface area contributed by atoms with Crippen LogP contribution in [-0.4, -0.2) is 41.2 Å². The fourth-order valence-corrected chi connectivity index (χ4v) is 5.32. The summed E-state index contributed by atoms with van der Waals surface area (Å²) in [6.07, 6.45) is -0.498. The molecule has 0 amide bonds. The summed E-state index contributed by atoms with van der Waals surface area (Å²) >= 11 is 6.09. The van der Waals surface area contributed by atoms with Crippen LogP contribution in [0.15, 0.2) is 35.2 Å². The first-order valence-corrected chi connectivity index (χ1v) is 8.62. The zero-order chi connectivity index (χ0) is 16.5. The normalized spacial score (nSPS) is 29.0. The average molecular weight is 347 g/mol. The molecule has 2 rings (SSSR count). The van der Waals surface area contributed by atoms with Crippen LogP contribution >= 0.6 is 11.6 Å². The summed E-state index contributed by atoms with van der Waals surface area (Å²) in [4.78, 5) is 22.5. The van der Waals surface area contributed by atoms with Gasteiger partial charge in [0.25, 0.3) is 0 Å². The van der Waals surface area contributed by atoms with Gasteiger partial charge in [-0.15, -0.1) is 11.6 Å². The molecule has 1 aliphatic carbocycles. The van der Waals surface area contributed by atoms with Gasteiger partial charge in [0.15, 0.2) is 9.84 Å². The molecule has 0 radical (unpaired) electrons. The molecule has 6 nitrogen and oxygen atoms in total. The van der Waals surface area contributed by atoms with E-state index in [0.29, 0.717) is 0 Å². The molecule has 120 valence electrons. The number of aliphatic carboxylic acids is 2. The maximum Gasteiger partial charge on any atom is 0.307 e. The highest BCUT2D eigenvalue weighted by molar-refractivity contribution is 7.92. The Bertz CT molecular complexity index is 672. The molecule has 0 spiro atoms. The van der Waals surface area contributed by atoms with Gasteiger partial charge in [0.05, 0.1) is 27.4 Å². The lowest BCUT2D eigenvalue weighted by molar-refractivity contribution is -0.155. The molecule has 1 saturated carbocycles. The van der Waals surface area contributed by atoms with Crippen LogP contribution in [0.2, 0.25) is 0 Å². The van der Waals surface area contributed by atoms with Crippen molar-refractivity contribution in [2.24, 2.45) is 11.8 Å². The van der Waals surface area contributed by atoms with Gasteiger partial charge in [0.1, 0.15) is 0 Å². The van der Waals surface area contributed by atoms with Crippen LogP contribution in [0.25, 0.3) is 0 Å². The number of rotatable bonds is 4. The molecular formula is C14H15ClO6S. The molecule has 0 aromatic heterocycles. The van der Waals surface area contributed by atoms with E-state index in [-0.39, 0.29) is 17.7 Å². The van der Waals surface area contributed by atoms with E-state index in [2.05, 4.69) is 0 Å². The predicted molar refractivity (Wildman–Crippen MR) is 78.5 cm³/mol.